The van der Waals surface area contributed by atoms with Crippen LogP contribution in [-0.2, 0) is 12.6 Å². The fraction of sp³-hybridized carbons (Fsp3) is 0.250. The molecule has 2 aromatic carbocycles. The molecular weight excluding hydrogens is 263 g/mol. The molecule has 1 heterocycles. The highest BCUT2D eigenvalue weighted by Gasteiger charge is 2.29. The Hall–Kier alpha value is -1.97. The molecule has 0 atom stereocenters. The third kappa shape index (κ3) is 2.50. The molecular formula is C16H14F3N. The van der Waals surface area contributed by atoms with Crippen molar-refractivity contribution < 1.29 is 13.2 Å². The van der Waals surface area contributed by atoms with Crippen LogP contribution in [0.1, 0.15) is 17.5 Å². The van der Waals surface area contributed by atoms with E-state index in [0.717, 1.165) is 48.3 Å². The maximum atomic E-state index is 12.5. The van der Waals surface area contributed by atoms with Crippen LogP contribution >= 0.6 is 0 Å². The number of hydrogen-bond donors (Lipinski definition) is 1. The fourth-order valence-electron chi connectivity index (χ4n) is 2.51. The van der Waals surface area contributed by atoms with Crippen molar-refractivity contribution in [1.82, 2.24) is 0 Å². The number of alkyl halides is 3. The SMILES string of the molecule is FC(F)(F)c1ccc(-c2ccc3c(c2)CCCN3)cc1. The lowest BCUT2D eigenvalue weighted by molar-refractivity contribution is -0.137. The van der Waals surface area contributed by atoms with Gasteiger partial charge in [0.1, 0.15) is 0 Å². The molecule has 0 radical (unpaired) electrons. The molecule has 0 aromatic heterocycles. The lowest BCUT2D eigenvalue weighted by Crippen LogP contribution is -2.11. The third-order valence-electron chi connectivity index (χ3n) is 3.59. The Balaban J connectivity index is 1.93. The van der Waals surface area contributed by atoms with Crippen molar-refractivity contribution in [1.29, 1.82) is 0 Å². The Morgan fingerprint density at radius 1 is 0.900 bits per heavy atom. The second-order valence-electron chi connectivity index (χ2n) is 4.98. The van der Waals surface area contributed by atoms with Crippen molar-refractivity contribution in [2.45, 2.75) is 19.0 Å². The molecule has 1 aliphatic heterocycles. The predicted octanol–water partition coefficient (Wildman–Crippen LogP) is 4.73. The number of halogens is 3. The molecule has 0 unspecified atom stereocenters. The molecule has 0 saturated heterocycles. The van der Waals surface area contributed by atoms with Gasteiger partial charge in [0, 0.05) is 12.2 Å². The van der Waals surface area contributed by atoms with Crippen LogP contribution < -0.4 is 5.32 Å². The van der Waals surface area contributed by atoms with Crippen molar-refractivity contribution in [2.75, 3.05) is 11.9 Å². The van der Waals surface area contributed by atoms with Crippen molar-refractivity contribution in [3.63, 3.8) is 0 Å². The maximum Gasteiger partial charge on any atom is 0.416 e. The van der Waals surface area contributed by atoms with E-state index in [2.05, 4.69) is 11.4 Å². The van der Waals surface area contributed by atoms with Gasteiger partial charge in [0.2, 0.25) is 0 Å². The Kier molecular flexibility index (Phi) is 3.16. The normalized spacial score (nSPS) is 14.6. The molecule has 0 aliphatic carbocycles. The topological polar surface area (TPSA) is 12.0 Å². The number of hydrogen-bond acceptors (Lipinski definition) is 1. The van der Waals surface area contributed by atoms with Gasteiger partial charge in [-0.05, 0) is 53.8 Å². The largest absolute Gasteiger partial charge is 0.416 e. The van der Waals surface area contributed by atoms with E-state index >= 15 is 0 Å². The molecule has 104 valence electrons. The van der Waals surface area contributed by atoms with E-state index in [1.165, 1.54) is 17.7 Å². The van der Waals surface area contributed by atoms with E-state index < -0.39 is 11.7 Å². The molecule has 4 heteroatoms. The zero-order valence-corrected chi connectivity index (χ0v) is 10.8. The van der Waals surface area contributed by atoms with Gasteiger partial charge >= 0.3 is 6.18 Å². The minimum absolute atomic E-state index is 0.610. The summed E-state index contributed by atoms with van der Waals surface area (Å²) in [6.07, 6.45) is -2.18. The maximum absolute atomic E-state index is 12.5. The molecule has 0 fully saturated rings. The molecule has 0 saturated carbocycles. The van der Waals surface area contributed by atoms with Gasteiger partial charge in [-0.3, -0.25) is 0 Å². The number of aryl methyl sites for hydroxylation is 1. The van der Waals surface area contributed by atoms with E-state index in [9.17, 15) is 13.2 Å². The molecule has 1 aliphatic rings. The predicted molar refractivity (Wildman–Crippen MR) is 73.7 cm³/mol. The summed E-state index contributed by atoms with van der Waals surface area (Å²) < 4.78 is 37.6. The quantitative estimate of drug-likeness (QED) is 0.794. The summed E-state index contributed by atoms with van der Waals surface area (Å²) in [6.45, 7) is 0.979. The van der Waals surface area contributed by atoms with E-state index in [1.54, 1.807) is 0 Å². The first kappa shape index (κ1) is 13.0. The standard InChI is InChI=1S/C16H14F3N/c17-16(18,19)14-6-3-11(4-7-14)12-5-8-15-13(10-12)2-1-9-20-15/h3-8,10,20H,1-2,9H2. The molecule has 3 rings (SSSR count). The van der Waals surface area contributed by atoms with Crippen LogP contribution in [-0.4, -0.2) is 6.54 Å². The van der Waals surface area contributed by atoms with Gasteiger partial charge in [-0.25, -0.2) is 0 Å². The van der Waals surface area contributed by atoms with Crippen molar-refractivity contribution in [3.05, 3.63) is 53.6 Å². The van der Waals surface area contributed by atoms with Crippen LogP contribution in [0.3, 0.4) is 0 Å². The monoisotopic (exact) mass is 277 g/mol. The Morgan fingerprint density at radius 2 is 1.60 bits per heavy atom. The minimum Gasteiger partial charge on any atom is -0.385 e. The minimum atomic E-state index is -4.28. The summed E-state index contributed by atoms with van der Waals surface area (Å²) in [5.41, 5.74) is 3.52. The zero-order valence-electron chi connectivity index (χ0n) is 10.8. The summed E-state index contributed by atoms with van der Waals surface area (Å²) in [5.74, 6) is 0. The van der Waals surface area contributed by atoms with Crippen molar-refractivity contribution >= 4 is 5.69 Å². The molecule has 1 nitrogen and oxygen atoms in total. The average molecular weight is 277 g/mol. The number of nitrogens with one attached hydrogen (secondary N) is 1. The number of fused-ring (bicyclic) bond motifs is 1. The Morgan fingerprint density at radius 3 is 2.30 bits per heavy atom. The van der Waals surface area contributed by atoms with Crippen molar-refractivity contribution in [2.24, 2.45) is 0 Å². The van der Waals surface area contributed by atoms with Crippen LogP contribution in [0.15, 0.2) is 42.5 Å². The molecule has 0 amide bonds. The van der Waals surface area contributed by atoms with E-state index in [1.807, 2.05) is 12.1 Å². The smallest absolute Gasteiger partial charge is 0.385 e. The molecule has 0 spiro atoms. The van der Waals surface area contributed by atoms with Gasteiger partial charge in [-0.1, -0.05) is 18.2 Å². The first-order chi connectivity index (χ1) is 9.54. The second-order valence-corrected chi connectivity index (χ2v) is 4.98. The third-order valence-corrected chi connectivity index (χ3v) is 3.59. The van der Waals surface area contributed by atoms with Gasteiger partial charge in [0.15, 0.2) is 0 Å². The summed E-state index contributed by atoms with van der Waals surface area (Å²) in [4.78, 5) is 0. The van der Waals surface area contributed by atoms with Gasteiger partial charge in [-0.2, -0.15) is 13.2 Å². The Bertz CT molecular complexity index is 615. The second kappa shape index (κ2) is 4.85. The summed E-state index contributed by atoms with van der Waals surface area (Å²) in [7, 11) is 0. The van der Waals surface area contributed by atoms with Crippen LogP contribution in [0.2, 0.25) is 0 Å². The van der Waals surface area contributed by atoms with Crippen LogP contribution in [0.25, 0.3) is 11.1 Å². The fourth-order valence-corrected chi connectivity index (χ4v) is 2.51. The summed E-state index contributed by atoms with van der Waals surface area (Å²) in [6, 6.07) is 11.3. The van der Waals surface area contributed by atoms with Crippen LogP contribution in [0.5, 0.6) is 0 Å². The number of anilines is 1. The summed E-state index contributed by atoms with van der Waals surface area (Å²) in [5, 5.41) is 3.32. The highest BCUT2D eigenvalue weighted by molar-refractivity contribution is 5.69. The molecule has 1 N–H and O–H groups in total. The Labute approximate surface area is 115 Å². The van der Waals surface area contributed by atoms with Crippen molar-refractivity contribution in [3.8, 4) is 11.1 Å². The van der Waals surface area contributed by atoms with Gasteiger partial charge < -0.3 is 5.32 Å². The van der Waals surface area contributed by atoms with E-state index in [-0.39, 0.29) is 0 Å². The first-order valence-corrected chi connectivity index (χ1v) is 6.58. The lowest BCUT2D eigenvalue weighted by Gasteiger charge is -2.18. The van der Waals surface area contributed by atoms with Gasteiger partial charge in [0.05, 0.1) is 5.56 Å². The highest BCUT2D eigenvalue weighted by Crippen LogP contribution is 2.32. The zero-order chi connectivity index (χ0) is 14.2. The molecule has 0 bridgehead atoms. The molecule has 20 heavy (non-hydrogen) atoms. The summed E-state index contributed by atoms with van der Waals surface area (Å²) >= 11 is 0. The van der Waals surface area contributed by atoms with E-state index in [4.69, 9.17) is 0 Å². The van der Waals surface area contributed by atoms with Crippen LogP contribution in [0, 0.1) is 0 Å². The highest BCUT2D eigenvalue weighted by atomic mass is 19.4. The van der Waals surface area contributed by atoms with Crippen LogP contribution in [0.4, 0.5) is 18.9 Å². The lowest BCUT2D eigenvalue weighted by atomic mass is 9.97. The number of rotatable bonds is 1. The average Bonchev–Trinajstić information content (AvgIpc) is 2.46. The van der Waals surface area contributed by atoms with Gasteiger partial charge in [0.25, 0.3) is 0 Å². The van der Waals surface area contributed by atoms with E-state index in [0.29, 0.717) is 0 Å². The first-order valence-electron chi connectivity index (χ1n) is 6.58. The number of benzene rings is 2. The van der Waals surface area contributed by atoms with Gasteiger partial charge in [-0.15, -0.1) is 0 Å². The molecule has 2 aromatic rings.